The van der Waals surface area contributed by atoms with Gasteiger partial charge in [-0.1, -0.05) is 6.07 Å². The van der Waals surface area contributed by atoms with Crippen molar-refractivity contribution in [2.24, 2.45) is 0 Å². The molecule has 1 atom stereocenters. The quantitative estimate of drug-likeness (QED) is 0.633. The number of hydrogen-bond acceptors (Lipinski definition) is 4. The van der Waals surface area contributed by atoms with E-state index in [0.717, 1.165) is 10.9 Å². The van der Waals surface area contributed by atoms with Gasteiger partial charge in [0.05, 0.1) is 0 Å². The van der Waals surface area contributed by atoms with E-state index < -0.39 is 18.0 Å². The van der Waals surface area contributed by atoms with E-state index in [1.807, 2.05) is 19.1 Å². The van der Waals surface area contributed by atoms with Crippen LogP contribution in [0.5, 0.6) is 0 Å². The summed E-state index contributed by atoms with van der Waals surface area (Å²) in [6.45, 7) is 2.78. The second-order valence-corrected chi connectivity index (χ2v) is 5.13. The second kappa shape index (κ2) is 5.99. The normalized spacial score (nSPS) is 17.0. The highest BCUT2D eigenvalue weighted by atomic mass is 16.3. The summed E-state index contributed by atoms with van der Waals surface area (Å²) in [5.74, 6) is -0.0654. The van der Waals surface area contributed by atoms with Crippen molar-refractivity contribution < 1.29 is 18.8 Å². The highest BCUT2D eigenvalue weighted by Gasteiger charge is 2.33. The van der Waals surface area contributed by atoms with Gasteiger partial charge in [0.2, 0.25) is 0 Å². The Kier molecular flexibility index (Phi) is 3.88. The Labute approximate surface area is 131 Å². The largest absolute Gasteiger partial charge is 0.458 e. The van der Waals surface area contributed by atoms with E-state index in [9.17, 15) is 14.4 Å². The minimum Gasteiger partial charge on any atom is -0.458 e. The first kappa shape index (κ1) is 14.9. The van der Waals surface area contributed by atoms with Crippen LogP contribution in [0.3, 0.4) is 0 Å². The van der Waals surface area contributed by atoms with Crippen LogP contribution in [0.15, 0.2) is 28.7 Å². The Balaban J connectivity index is 1.77. The molecule has 1 fully saturated rings. The SMILES string of the molecule is CCNC(=O)NCc1ccc2oc(C3NC(=O)NC3=O)cc2c1. The van der Waals surface area contributed by atoms with Gasteiger partial charge in [-0.05, 0) is 30.7 Å². The third-order valence-electron chi connectivity index (χ3n) is 3.45. The minimum absolute atomic E-state index is 0.231. The summed E-state index contributed by atoms with van der Waals surface area (Å²) in [7, 11) is 0. The summed E-state index contributed by atoms with van der Waals surface area (Å²) in [4.78, 5) is 34.2. The molecule has 8 nitrogen and oxygen atoms in total. The zero-order valence-corrected chi connectivity index (χ0v) is 12.4. The number of benzene rings is 1. The molecule has 3 rings (SSSR count). The molecule has 0 bridgehead atoms. The predicted molar refractivity (Wildman–Crippen MR) is 81.5 cm³/mol. The number of carbonyl (C=O) groups is 3. The lowest BCUT2D eigenvalue weighted by atomic mass is 10.1. The zero-order chi connectivity index (χ0) is 16.4. The number of fused-ring (bicyclic) bond motifs is 1. The summed E-state index contributed by atoms with van der Waals surface area (Å²) in [5.41, 5.74) is 1.51. The maximum absolute atomic E-state index is 11.7. The predicted octanol–water partition coefficient (Wildman–Crippen LogP) is 1.13. The second-order valence-electron chi connectivity index (χ2n) is 5.13. The monoisotopic (exact) mass is 316 g/mol. The molecule has 23 heavy (non-hydrogen) atoms. The Hall–Kier alpha value is -3.03. The number of carbonyl (C=O) groups excluding carboxylic acids is 3. The van der Waals surface area contributed by atoms with Gasteiger partial charge in [-0.2, -0.15) is 0 Å². The number of urea groups is 2. The van der Waals surface area contributed by atoms with E-state index in [4.69, 9.17) is 4.42 Å². The summed E-state index contributed by atoms with van der Waals surface area (Å²) in [6, 6.07) is 5.59. The average molecular weight is 316 g/mol. The fraction of sp³-hybridized carbons (Fsp3) is 0.267. The van der Waals surface area contributed by atoms with E-state index in [2.05, 4.69) is 21.3 Å². The summed E-state index contributed by atoms with van der Waals surface area (Å²) in [5, 5.41) is 10.8. The fourth-order valence-corrected chi connectivity index (χ4v) is 2.39. The van der Waals surface area contributed by atoms with Gasteiger partial charge in [-0.15, -0.1) is 0 Å². The van der Waals surface area contributed by atoms with Crippen molar-refractivity contribution in [1.82, 2.24) is 21.3 Å². The summed E-state index contributed by atoms with van der Waals surface area (Å²) >= 11 is 0. The molecule has 1 aliphatic heterocycles. The van der Waals surface area contributed by atoms with Crippen LogP contribution in [0, 0.1) is 0 Å². The van der Waals surface area contributed by atoms with Gasteiger partial charge in [0, 0.05) is 18.5 Å². The molecule has 0 radical (unpaired) electrons. The van der Waals surface area contributed by atoms with Gasteiger partial charge in [0.25, 0.3) is 5.91 Å². The van der Waals surface area contributed by atoms with Gasteiger partial charge < -0.3 is 20.4 Å². The van der Waals surface area contributed by atoms with Crippen LogP contribution in [-0.4, -0.2) is 24.5 Å². The van der Waals surface area contributed by atoms with Crippen molar-refractivity contribution in [3.8, 4) is 0 Å². The molecular weight excluding hydrogens is 300 g/mol. The van der Waals surface area contributed by atoms with Crippen LogP contribution in [0.4, 0.5) is 9.59 Å². The van der Waals surface area contributed by atoms with Crippen LogP contribution < -0.4 is 21.3 Å². The molecule has 5 amide bonds. The first-order chi connectivity index (χ1) is 11.1. The molecule has 8 heteroatoms. The van der Waals surface area contributed by atoms with E-state index >= 15 is 0 Å². The molecule has 1 aliphatic rings. The minimum atomic E-state index is -0.813. The van der Waals surface area contributed by atoms with Crippen molar-refractivity contribution in [2.75, 3.05) is 6.54 Å². The van der Waals surface area contributed by atoms with Crippen molar-refractivity contribution in [3.05, 3.63) is 35.6 Å². The molecule has 1 saturated heterocycles. The molecule has 4 N–H and O–H groups in total. The highest BCUT2D eigenvalue weighted by molar-refractivity contribution is 6.04. The van der Waals surface area contributed by atoms with E-state index in [1.165, 1.54) is 0 Å². The molecule has 0 aliphatic carbocycles. The number of furan rings is 1. The number of rotatable bonds is 4. The molecule has 1 aromatic heterocycles. The Bertz CT molecular complexity index is 783. The summed E-state index contributed by atoms with van der Waals surface area (Å²) in [6.07, 6.45) is 0. The number of nitrogens with one attached hydrogen (secondary N) is 4. The van der Waals surface area contributed by atoms with Gasteiger partial charge in [0.15, 0.2) is 6.04 Å². The van der Waals surface area contributed by atoms with Crippen molar-refractivity contribution in [1.29, 1.82) is 0 Å². The maximum atomic E-state index is 11.7. The third-order valence-corrected chi connectivity index (χ3v) is 3.45. The van der Waals surface area contributed by atoms with Crippen molar-refractivity contribution >= 4 is 28.9 Å². The van der Waals surface area contributed by atoms with Gasteiger partial charge in [0.1, 0.15) is 11.3 Å². The fourth-order valence-electron chi connectivity index (χ4n) is 2.39. The Morgan fingerprint density at radius 2 is 2.09 bits per heavy atom. The van der Waals surface area contributed by atoms with Crippen molar-refractivity contribution in [3.63, 3.8) is 0 Å². The lowest BCUT2D eigenvalue weighted by Crippen LogP contribution is -2.34. The summed E-state index contributed by atoms with van der Waals surface area (Å²) < 4.78 is 5.61. The van der Waals surface area contributed by atoms with E-state index in [1.54, 1.807) is 12.1 Å². The topological polar surface area (TPSA) is 112 Å². The van der Waals surface area contributed by atoms with Gasteiger partial charge in [-0.3, -0.25) is 10.1 Å². The number of imide groups is 1. The van der Waals surface area contributed by atoms with Crippen LogP contribution in [0.25, 0.3) is 11.0 Å². The molecular formula is C15H16N4O4. The van der Waals surface area contributed by atoms with Crippen LogP contribution >= 0.6 is 0 Å². The molecule has 2 aromatic rings. The third kappa shape index (κ3) is 3.10. The number of hydrogen-bond donors (Lipinski definition) is 4. The first-order valence-electron chi connectivity index (χ1n) is 7.22. The lowest BCUT2D eigenvalue weighted by Gasteiger charge is -2.05. The van der Waals surface area contributed by atoms with Gasteiger partial charge >= 0.3 is 12.1 Å². The van der Waals surface area contributed by atoms with Crippen LogP contribution in [0.2, 0.25) is 0 Å². The Morgan fingerprint density at radius 3 is 2.78 bits per heavy atom. The zero-order valence-electron chi connectivity index (χ0n) is 12.4. The lowest BCUT2D eigenvalue weighted by molar-refractivity contribution is -0.120. The molecule has 0 saturated carbocycles. The average Bonchev–Trinajstić information content (AvgIpc) is 3.07. The van der Waals surface area contributed by atoms with Crippen LogP contribution in [0.1, 0.15) is 24.3 Å². The molecule has 1 aromatic carbocycles. The molecule has 2 heterocycles. The van der Waals surface area contributed by atoms with E-state index in [-0.39, 0.29) is 6.03 Å². The molecule has 120 valence electrons. The standard InChI is InChI=1S/C15H16N4O4/c1-2-16-14(21)17-7-8-3-4-10-9(5-8)6-11(23-10)12-13(20)19-15(22)18-12/h3-6,12H,2,7H2,1H3,(H2,16,17,21)(H2,18,19,20,22). The van der Waals surface area contributed by atoms with Crippen molar-refractivity contribution in [2.45, 2.75) is 19.5 Å². The highest BCUT2D eigenvalue weighted by Crippen LogP contribution is 2.26. The molecule has 1 unspecified atom stereocenters. The smallest absolute Gasteiger partial charge is 0.322 e. The van der Waals surface area contributed by atoms with Crippen LogP contribution in [-0.2, 0) is 11.3 Å². The Morgan fingerprint density at radius 1 is 1.26 bits per heavy atom. The van der Waals surface area contributed by atoms with E-state index in [0.29, 0.717) is 24.4 Å². The molecule has 0 spiro atoms. The maximum Gasteiger partial charge on any atom is 0.322 e. The number of amides is 5. The first-order valence-corrected chi connectivity index (χ1v) is 7.22. The van der Waals surface area contributed by atoms with Gasteiger partial charge in [-0.25, -0.2) is 9.59 Å².